The van der Waals surface area contributed by atoms with Crippen molar-refractivity contribution in [2.45, 2.75) is 13.5 Å². The Morgan fingerprint density at radius 2 is 1.63 bits per heavy atom. The number of carbonyl (C=O) groups excluding carboxylic acids is 2. The smallest absolute Gasteiger partial charge is 0.409 e. The molecule has 0 atom stereocenters. The molecule has 2 aromatic rings. The van der Waals surface area contributed by atoms with Crippen LogP contribution in [0.5, 0.6) is 0 Å². The van der Waals surface area contributed by atoms with Crippen LogP contribution < -0.4 is 5.32 Å². The fraction of sp³-hybridized carbons (Fsp3) is 0.333. The van der Waals surface area contributed by atoms with E-state index in [9.17, 15) is 9.59 Å². The Morgan fingerprint density at radius 1 is 0.963 bits per heavy atom. The van der Waals surface area contributed by atoms with Crippen molar-refractivity contribution in [3.05, 3.63) is 65.7 Å². The van der Waals surface area contributed by atoms with E-state index >= 15 is 0 Å². The third-order valence-corrected chi connectivity index (χ3v) is 4.55. The number of hydrogen-bond donors (Lipinski definition) is 1. The number of para-hydroxylation sites is 1. The summed E-state index contributed by atoms with van der Waals surface area (Å²) in [6.07, 6.45) is -0.231. The number of nitrogens with one attached hydrogen (secondary N) is 1. The average molecular weight is 367 g/mol. The molecule has 6 heteroatoms. The number of carbonyl (C=O) groups is 2. The Morgan fingerprint density at radius 3 is 2.26 bits per heavy atom. The van der Waals surface area contributed by atoms with Crippen molar-refractivity contribution in [3.63, 3.8) is 0 Å². The van der Waals surface area contributed by atoms with Gasteiger partial charge in [-0.25, -0.2) is 4.79 Å². The fourth-order valence-electron chi connectivity index (χ4n) is 3.05. The minimum Gasteiger partial charge on any atom is -0.450 e. The number of anilines is 1. The summed E-state index contributed by atoms with van der Waals surface area (Å²) in [6.45, 7) is 6.01. The Kier molecular flexibility index (Phi) is 6.44. The lowest BCUT2D eigenvalue weighted by Gasteiger charge is -2.34. The Hall–Kier alpha value is -2.86. The minimum absolute atomic E-state index is 0.115. The van der Waals surface area contributed by atoms with Gasteiger partial charge < -0.3 is 15.0 Å². The van der Waals surface area contributed by atoms with E-state index in [1.165, 1.54) is 0 Å². The highest BCUT2D eigenvalue weighted by atomic mass is 16.6. The van der Waals surface area contributed by atoms with Crippen LogP contribution in [-0.4, -0.2) is 54.6 Å². The van der Waals surface area contributed by atoms with E-state index in [0.29, 0.717) is 25.3 Å². The Labute approximate surface area is 159 Å². The maximum Gasteiger partial charge on any atom is 0.409 e. The Balaban J connectivity index is 1.50. The maximum absolute atomic E-state index is 12.3. The van der Waals surface area contributed by atoms with Crippen LogP contribution in [0.2, 0.25) is 0 Å². The van der Waals surface area contributed by atoms with E-state index in [-0.39, 0.29) is 12.0 Å². The van der Waals surface area contributed by atoms with E-state index in [1.54, 1.807) is 4.90 Å². The van der Waals surface area contributed by atoms with E-state index < -0.39 is 0 Å². The lowest BCUT2D eigenvalue weighted by atomic mass is 10.1. The number of benzene rings is 2. The first-order valence-electron chi connectivity index (χ1n) is 9.25. The topological polar surface area (TPSA) is 61.9 Å². The van der Waals surface area contributed by atoms with Gasteiger partial charge in [0, 0.05) is 44.0 Å². The van der Waals surface area contributed by atoms with Crippen molar-refractivity contribution in [1.29, 1.82) is 0 Å². The molecule has 2 aromatic carbocycles. The second kappa shape index (κ2) is 9.19. The lowest BCUT2D eigenvalue weighted by molar-refractivity contribution is 0.0778. The SMILES string of the molecule is CCOC(=O)N1CCN(Cc2ccc(C(=O)Nc3ccccc3)cc2)CC1. The summed E-state index contributed by atoms with van der Waals surface area (Å²) in [4.78, 5) is 28.1. The molecule has 0 spiro atoms. The van der Waals surface area contributed by atoms with Gasteiger partial charge in [0.15, 0.2) is 0 Å². The van der Waals surface area contributed by atoms with E-state index in [4.69, 9.17) is 4.74 Å². The average Bonchev–Trinajstić information content (AvgIpc) is 2.70. The van der Waals surface area contributed by atoms with Crippen LogP contribution in [0, 0.1) is 0 Å². The van der Waals surface area contributed by atoms with E-state index in [2.05, 4.69) is 10.2 Å². The highest BCUT2D eigenvalue weighted by Crippen LogP contribution is 2.13. The normalized spacial score (nSPS) is 14.6. The fourth-order valence-corrected chi connectivity index (χ4v) is 3.05. The molecule has 0 unspecified atom stereocenters. The summed E-state index contributed by atoms with van der Waals surface area (Å²) in [5.74, 6) is -0.115. The quantitative estimate of drug-likeness (QED) is 0.881. The van der Waals surface area contributed by atoms with Gasteiger partial charge in [-0.05, 0) is 36.8 Å². The number of hydrogen-bond acceptors (Lipinski definition) is 4. The van der Waals surface area contributed by atoms with Gasteiger partial charge in [0.1, 0.15) is 0 Å². The van der Waals surface area contributed by atoms with Gasteiger partial charge in [-0.3, -0.25) is 9.69 Å². The summed E-state index contributed by atoms with van der Waals surface area (Å²) in [7, 11) is 0. The summed E-state index contributed by atoms with van der Waals surface area (Å²) >= 11 is 0. The van der Waals surface area contributed by atoms with Crippen LogP contribution >= 0.6 is 0 Å². The number of nitrogens with zero attached hydrogens (tertiary/aromatic N) is 2. The maximum atomic E-state index is 12.3. The molecule has 6 nitrogen and oxygen atoms in total. The van der Waals surface area contributed by atoms with Crippen molar-refractivity contribution in [2.75, 3.05) is 38.1 Å². The number of ether oxygens (including phenoxy) is 1. The second-order valence-electron chi connectivity index (χ2n) is 6.48. The molecule has 0 aliphatic carbocycles. The third-order valence-electron chi connectivity index (χ3n) is 4.55. The molecule has 0 saturated carbocycles. The summed E-state index contributed by atoms with van der Waals surface area (Å²) in [6, 6.07) is 17.1. The van der Waals surface area contributed by atoms with Crippen molar-refractivity contribution in [3.8, 4) is 0 Å². The summed E-state index contributed by atoms with van der Waals surface area (Å²) < 4.78 is 5.04. The zero-order chi connectivity index (χ0) is 19.1. The third kappa shape index (κ3) is 5.31. The van der Waals surface area contributed by atoms with Crippen LogP contribution in [0.15, 0.2) is 54.6 Å². The zero-order valence-corrected chi connectivity index (χ0v) is 15.6. The van der Waals surface area contributed by atoms with E-state index in [1.807, 2.05) is 61.5 Å². The molecule has 142 valence electrons. The number of rotatable bonds is 5. The van der Waals surface area contributed by atoms with Gasteiger partial charge >= 0.3 is 6.09 Å². The summed E-state index contributed by atoms with van der Waals surface area (Å²) in [5, 5.41) is 2.89. The molecule has 1 aliphatic rings. The van der Waals surface area contributed by atoms with Gasteiger partial charge in [-0.15, -0.1) is 0 Å². The number of amides is 2. The molecular weight excluding hydrogens is 342 g/mol. The highest BCUT2D eigenvalue weighted by Gasteiger charge is 2.21. The predicted octanol–water partition coefficient (Wildman–Crippen LogP) is 3.21. The van der Waals surface area contributed by atoms with Crippen molar-refractivity contribution < 1.29 is 14.3 Å². The first-order chi connectivity index (χ1) is 13.2. The molecule has 2 amide bonds. The molecule has 1 saturated heterocycles. The predicted molar refractivity (Wildman–Crippen MR) is 105 cm³/mol. The lowest BCUT2D eigenvalue weighted by Crippen LogP contribution is -2.48. The molecule has 0 aromatic heterocycles. The van der Waals surface area contributed by atoms with Crippen LogP contribution in [0.3, 0.4) is 0 Å². The van der Waals surface area contributed by atoms with Gasteiger partial charge in [-0.2, -0.15) is 0 Å². The molecule has 1 fully saturated rings. The molecule has 27 heavy (non-hydrogen) atoms. The van der Waals surface area contributed by atoms with Gasteiger partial charge in [0.2, 0.25) is 0 Å². The molecule has 3 rings (SSSR count). The molecule has 1 aliphatic heterocycles. The van der Waals surface area contributed by atoms with Crippen LogP contribution in [0.25, 0.3) is 0 Å². The molecule has 0 radical (unpaired) electrons. The monoisotopic (exact) mass is 367 g/mol. The van der Waals surface area contributed by atoms with Crippen LogP contribution in [0.4, 0.5) is 10.5 Å². The number of piperazine rings is 1. The zero-order valence-electron chi connectivity index (χ0n) is 15.6. The first kappa shape index (κ1) is 18.9. The Bertz CT molecular complexity index is 754. The minimum atomic E-state index is -0.231. The highest BCUT2D eigenvalue weighted by molar-refractivity contribution is 6.04. The van der Waals surface area contributed by atoms with Gasteiger partial charge in [0.05, 0.1) is 6.61 Å². The van der Waals surface area contributed by atoms with Crippen LogP contribution in [-0.2, 0) is 11.3 Å². The molecule has 1 heterocycles. The molecule has 1 N–H and O–H groups in total. The van der Waals surface area contributed by atoms with Gasteiger partial charge in [-0.1, -0.05) is 30.3 Å². The van der Waals surface area contributed by atoms with Crippen molar-refractivity contribution in [2.24, 2.45) is 0 Å². The van der Waals surface area contributed by atoms with Crippen molar-refractivity contribution >= 4 is 17.7 Å². The van der Waals surface area contributed by atoms with Gasteiger partial charge in [0.25, 0.3) is 5.91 Å². The van der Waals surface area contributed by atoms with E-state index in [0.717, 1.165) is 30.9 Å². The summed E-state index contributed by atoms with van der Waals surface area (Å²) in [5.41, 5.74) is 2.57. The standard InChI is InChI=1S/C21H25N3O3/c1-2-27-21(26)24-14-12-23(13-15-24)16-17-8-10-18(11-9-17)20(25)22-19-6-4-3-5-7-19/h3-11H,2,12-16H2,1H3,(H,22,25). The van der Waals surface area contributed by atoms with Crippen LogP contribution in [0.1, 0.15) is 22.8 Å². The first-order valence-corrected chi connectivity index (χ1v) is 9.25. The molecule has 0 bridgehead atoms. The van der Waals surface area contributed by atoms with Crippen molar-refractivity contribution in [1.82, 2.24) is 9.80 Å². The second-order valence-corrected chi connectivity index (χ2v) is 6.48. The largest absolute Gasteiger partial charge is 0.450 e. The molecular formula is C21H25N3O3.